The zero-order valence-electron chi connectivity index (χ0n) is 10.6. The summed E-state index contributed by atoms with van der Waals surface area (Å²) in [6.07, 6.45) is 1.33. The molecule has 0 radical (unpaired) electrons. The summed E-state index contributed by atoms with van der Waals surface area (Å²) >= 11 is 1.11. The summed E-state index contributed by atoms with van der Waals surface area (Å²) in [4.78, 5) is 22.8. The SMILES string of the molecule is CCOC(=O)c1c(N)nsc1NCC1CCC(=O)N1. The van der Waals surface area contributed by atoms with E-state index in [9.17, 15) is 9.59 Å². The van der Waals surface area contributed by atoms with Crippen LogP contribution in [0.3, 0.4) is 0 Å². The van der Waals surface area contributed by atoms with Crippen LogP contribution in [-0.4, -0.2) is 35.4 Å². The van der Waals surface area contributed by atoms with Crippen molar-refractivity contribution < 1.29 is 14.3 Å². The highest BCUT2D eigenvalue weighted by atomic mass is 32.1. The molecule has 0 bridgehead atoms. The number of anilines is 2. The van der Waals surface area contributed by atoms with E-state index < -0.39 is 5.97 Å². The van der Waals surface area contributed by atoms with E-state index in [-0.39, 0.29) is 29.9 Å². The number of esters is 1. The Labute approximate surface area is 114 Å². The lowest BCUT2D eigenvalue weighted by Gasteiger charge is -2.11. The van der Waals surface area contributed by atoms with E-state index in [1.165, 1.54) is 0 Å². The average molecular weight is 284 g/mol. The van der Waals surface area contributed by atoms with Crippen molar-refractivity contribution in [2.45, 2.75) is 25.8 Å². The fraction of sp³-hybridized carbons (Fsp3) is 0.545. The van der Waals surface area contributed by atoms with Crippen LogP contribution < -0.4 is 16.4 Å². The molecular formula is C11H16N4O3S. The van der Waals surface area contributed by atoms with Gasteiger partial charge in [0.05, 0.1) is 6.61 Å². The topological polar surface area (TPSA) is 106 Å². The molecule has 1 aromatic heterocycles. The maximum atomic E-state index is 11.8. The van der Waals surface area contributed by atoms with Crippen LogP contribution in [0.5, 0.6) is 0 Å². The minimum absolute atomic E-state index is 0.0567. The van der Waals surface area contributed by atoms with Gasteiger partial charge < -0.3 is 21.1 Å². The second-order valence-corrected chi connectivity index (χ2v) is 4.95. The van der Waals surface area contributed by atoms with Crippen LogP contribution in [0, 0.1) is 0 Å². The second kappa shape index (κ2) is 5.87. The van der Waals surface area contributed by atoms with E-state index in [0.29, 0.717) is 18.0 Å². The van der Waals surface area contributed by atoms with Gasteiger partial charge in [-0.1, -0.05) is 0 Å². The van der Waals surface area contributed by atoms with Crippen LogP contribution in [0.1, 0.15) is 30.1 Å². The molecule has 0 saturated carbocycles. The van der Waals surface area contributed by atoms with Crippen LogP contribution >= 0.6 is 11.5 Å². The second-order valence-electron chi connectivity index (χ2n) is 4.18. The van der Waals surface area contributed by atoms with Crippen LogP contribution in [0.4, 0.5) is 10.8 Å². The van der Waals surface area contributed by atoms with Gasteiger partial charge in [0.15, 0.2) is 5.82 Å². The lowest BCUT2D eigenvalue weighted by Crippen LogP contribution is -2.31. The number of carbonyl (C=O) groups is 2. The van der Waals surface area contributed by atoms with Crippen molar-refractivity contribution in [3.8, 4) is 0 Å². The van der Waals surface area contributed by atoms with E-state index in [2.05, 4.69) is 15.0 Å². The summed E-state index contributed by atoms with van der Waals surface area (Å²) in [7, 11) is 0. The lowest BCUT2D eigenvalue weighted by atomic mass is 10.2. The molecular weight excluding hydrogens is 268 g/mol. The molecule has 0 aliphatic carbocycles. The van der Waals surface area contributed by atoms with Crippen molar-refractivity contribution in [3.63, 3.8) is 0 Å². The number of nitrogens with two attached hydrogens (primary N) is 1. The van der Waals surface area contributed by atoms with E-state index in [0.717, 1.165) is 18.0 Å². The van der Waals surface area contributed by atoms with Crippen LogP contribution in [-0.2, 0) is 9.53 Å². The Kier molecular flexibility index (Phi) is 4.20. The Bertz CT molecular complexity index is 488. The molecule has 104 valence electrons. The van der Waals surface area contributed by atoms with Crippen molar-refractivity contribution in [1.82, 2.24) is 9.69 Å². The summed E-state index contributed by atoms with van der Waals surface area (Å²) in [6, 6.07) is 0.0749. The first-order valence-corrected chi connectivity index (χ1v) is 6.84. The predicted octanol–water partition coefficient (Wildman–Crippen LogP) is 0.592. The number of rotatable bonds is 5. The Morgan fingerprint density at radius 1 is 1.68 bits per heavy atom. The first-order valence-electron chi connectivity index (χ1n) is 6.07. The fourth-order valence-electron chi connectivity index (χ4n) is 1.87. The molecule has 1 atom stereocenters. The monoisotopic (exact) mass is 284 g/mol. The van der Waals surface area contributed by atoms with Gasteiger partial charge in [0.2, 0.25) is 5.91 Å². The Morgan fingerprint density at radius 2 is 2.47 bits per heavy atom. The van der Waals surface area contributed by atoms with Gasteiger partial charge in [-0.15, -0.1) is 0 Å². The summed E-state index contributed by atoms with van der Waals surface area (Å²) < 4.78 is 8.88. The Hall–Kier alpha value is -1.83. The molecule has 2 rings (SSSR count). The number of amides is 1. The maximum absolute atomic E-state index is 11.8. The summed E-state index contributed by atoms with van der Waals surface area (Å²) in [6.45, 7) is 2.56. The third-order valence-corrected chi connectivity index (χ3v) is 3.61. The number of hydrogen-bond acceptors (Lipinski definition) is 7. The smallest absolute Gasteiger partial charge is 0.344 e. The zero-order chi connectivity index (χ0) is 13.8. The predicted molar refractivity (Wildman–Crippen MR) is 72.1 cm³/mol. The lowest BCUT2D eigenvalue weighted by molar-refractivity contribution is -0.119. The van der Waals surface area contributed by atoms with Crippen molar-refractivity contribution in [2.75, 3.05) is 24.2 Å². The third kappa shape index (κ3) is 3.14. The van der Waals surface area contributed by atoms with Gasteiger partial charge >= 0.3 is 5.97 Å². The molecule has 0 spiro atoms. The third-order valence-electron chi connectivity index (χ3n) is 2.79. The normalized spacial score (nSPS) is 18.2. The number of carbonyl (C=O) groups excluding carboxylic acids is 2. The molecule has 1 aromatic rings. The molecule has 1 fully saturated rings. The highest BCUT2D eigenvalue weighted by Crippen LogP contribution is 2.27. The molecule has 1 saturated heterocycles. The molecule has 0 aromatic carbocycles. The number of nitrogen functional groups attached to an aromatic ring is 1. The van der Waals surface area contributed by atoms with Crippen molar-refractivity contribution in [1.29, 1.82) is 0 Å². The minimum atomic E-state index is -0.480. The number of nitrogens with zero attached hydrogens (tertiary/aromatic N) is 1. The summed E-state index contributed by atoms with van der Waals surface area (Å²) in [5, 5.41) is 6.52. The van der Waals surface area contributed by atoms with Crippen molar-refractivity contribution in [3.05, 3.63) is 5.56 Å². The van der Waals surface area contributed by atoms with E-state index in [4.69, 9.17) is 10.5 Å². The highest BCUT2D eigenvalue weighted by molar-refractivity contribution is 7.11. The zero-order valence-corrected chi connectivity index (χ0v) is 11.4. The number of ether oxygens (including phenoxy) is 1. The van der Waals surface area contributed by atoms with Crippen LogP contribution in [0.15, 0.2) is 0 Å². The molecule has 1 aliphatic rings. The van der Waals surface area contributed by atoms with Gasteiger partial charge in [-0.25, -0.2) is 4.79 Å². The van der Waals surface area contributed by atoms with Gasteiger partial charge in [-0.2, -0.15) is 4.37 Å². The minimum Gasteiger partial charge on any atom is -0.462 e. The number of aromatic nitrogens is 1. The summed E-state index contributed by atoms with van der Waals surface area (Å²) in [5.74, 6) is -0.255. The molecule has 1 amide bonds. The van der Waals surface area contributed by atoms with Gasteiger partial charge in [0.1, 0.15) is 10.6 Å². The van der Waals surface area contributed by atoms with E-state index in [1.54, 1.807) is 6.92 Å². The first-order chi connectivity index (χ1) is 9.11. The molecule has 7 nitrogen and oxygen atoms in total. The number of hydrogen-bond donors (Lipinski definition) is 3. The fourth-order valence-corrected chi connectivity index (χ4v) is 2.58. The van der Waals surface area contributed by atoms with Crippen molar-refractivity contribution in [2.24, 2.45) is 0 Å². The molecule has 19 heavy (non-hydrogen) atoms. The van der Waals surface area contributed by atoms with Crippen molar-refractivity contribution >= 4 is 34.2 Å². The van der Waals surface area contributed by atoms with E-state index in [1.807, 2.05) is 0 Å². The quantitative estimate of drug-likeness (QED) is 0.683. The van der Waals surface area contributed by atoms with Gasteiger partial charge in [-0.3, -0.25) is 4.79 Å². The maximum Gasteiger partial charge on any atom is 0.344 e. The van der Waals surface area contributed by atoms with Gasteiger partial charge in [0.25, 0.3) is 0 Å². The van der Waals surface area contributed by atoms with E-state index >= 15 is 0 Å². The Balaban J connectivity index is 2.00. The highest BCUT2D eigenvalue weighted by Gasteiger charge is 2.23. The molecule has 4 N–H and O–H groups in total. The molecule has 8 heteroatoms. The Morgan fingerprint density at radius 3 is 3.11 bits per heavy atom. The van der Waals surface area contributed by atoms with Gasteiger partial charge in [-0.05, 0) is 24.9 Å². The van der Waals surface area contributed by atoms with Crippen LogP contribution in [0.25, 0.3) is 0 Å². The molecule has 1 aliphatic heterocycles. The summed E-state index contributed by atoms with van der Waals surface area (Å²) in [5.41, 5.74) is 5.94. The average Bonchev–Trinajstić information content (AvgIpc) is 2.93. The standard InChI is InChI=1S/C11H16N4O3S/c1-2-18-11(17)8-9(12)15-19-10(8)13-5-6-3-4-7(16)14-6/h6,13H,2-5H2,1H3,(H2,12,15)(H,14,16). The number of nitrogens with one attached hydrogen (secondary N) is 2. The molecule has 1 unspecified atom stereocenters. The first kappa shape index (κ1) is 13.6. The van der Waals surface area contributed by atoms with Gasteiger partial charge in [0, 0.05) is 19.0 Å². The largest absolute Gasteiger partial charge is 0.462 e. The molecule has 2 heterocycles. The van der Waals surface area contributed by atoms with Crippen LogP contribution in [0.2, 0.25) is 0 Å².